The quantitative estimate of drug-likeness (QED) is 0.593. The van der Waals surface area contributed by atoms with E-state index < -0.39 is 0 Å². The third kappa shape index (κ3) is 3.81. The Morgan fingerprint density at radius 3 is 2.68 bits per heavy atom. The van der Waals surface area contributed by atoms with E-state index in [1.807, 2.05) is 6.07 Å². The fourth-order valence-electron chi connectivity index (χ4n) is 4.55. The lowest BCUT2D eigenvalue weighted by Crippen LogP contribution is -2.43. The average molecular weight is 423 g/mol. The maximum Gasteiger partial charge on any atom is 0.275 e. The van der Waals surface area contributed by atoms with Gasteiger partial charge in [-0.1, -0.05) is 12.8 Å². The second kappa shape index (κ2) is 8.14. The number of nitrogen functional groups attached to an aromatic ring is 1. The van der Waals surface area contributed by atoms with Crippen LogP contribution in [0, 0.1) is 5.82 Å². The largest absolute Gasteiger partial charge is 0.394 e. The molecule has 0 radical (unpaired) electrons. The molecule has 1 aliphatic heterocycles. The number of fused-ring (bicyclic) bond motifs is 1. The van der Waals surface area contributed by atoms with Gasteiger partial charge in [0.2, 0.25) is 5.95 Å². The lowest BCUT2D eigenvalue weighted by atomic mass is 10.2. The van der Waals surface area contributed by atoms with Crippen molar-refractivity contribution in [2.45, 2.75) is 31.7 Å². The number of nitrogens with one attached hydrogen (secondary N) is 2. The molecule has 3 aromatic rings. The molecule has 2 fully saturated rings. The van der Waals surface area contributed by atoms with Crippen LogP contribution in [0.25, 0.3) is 11.0 Å². The van der Waals surface area contributed by atoms with Crippen molar-refractivity contribution in [1.82, 2.24) is 19.9 Å². The highest BCUT2D eigenvalue weighted by atomic mass is 19.1. The van der Waals surface area contributed by atoms with Crippen LogP contribution in [0.5, 0.6) is 0 Å². The molecular weight excluding hydrogens is 397 g/mol. The molecule has 3 heterocycles. The van der Waals surface area contributed by atoms with Gasteiger partial charge >= 0.3 is 0 Å². The highest BCUT2D eigenvalue weighted by molar-refractivity contribution is 5.79. The third-order valence-electron chi connectivity index (χ3n) is 6.17. The first kappa shape index (κ1) is 19.7. The van der Waals surface area contributed by atoms with Crippen LogP contribution in [0.3, 0.4) is 0 Å². The number of anilines is 4. The lowest BCUT2D eigenvalue weighted by Gasteiger charge is -2.29. The van der Waals surface area contributed by atoms with Gasteiger partial charge < -0.3 is 21.3 Å². The predicted molar refractivity (Wildman–Crippen MR) is 120 cm³/mol. The maximum absolute atomic E-state index is 14.8. The molecule has 0 amide bonds. The Balaban J connectivity index is 1.47. The number of benzene rings is 1. The number of halogens is 1. The third-order valence-corrected chi connectivity index (χ3v) is 6.17. The summed E-state index contributed by atoms with van der Waals surface area (Å²) in [6, 6.07) is 6.82. The van der Waals surface area contributed by atoms with Crippen molar-refractivity contribution in [1.29, 1.82) is 0 Å². The smallest absolute Gasteiger partial charge is 0.275 e. The summed E-state index contributed by atoms with van der Waals surface area (Å²) in [5.74, 6) is -0.123. The van der Waals surface area contributed by atoms with Crippen molar-refractivity contribution in [2.75, 3.05) is 42.1 Å². The van der Waals surface area contributed by atoms with E-state index in [4.69, 9.17) is 5.73 Å². The zero-order valence-corrected chi connectivity index (χ0v) is 17.3. The zero-order chi connectivity index (χ0) is 21.4. The van der Waals surface area contributed by atoms with E-state index in [-0.39, 0.29) is 29.1 Å². The summed E-state index contributed by atoms with van der Waals surface area (Å²) in [6.45, 7) is 3.48. The Morgan fingerprint density at radius 2 is 1.94 bits per heavy atom. The molecule has 4 N–H and O–H groups in total. The van der Waals surface area contributed by atoms with E-state index >= 15 is 0 Å². The molecular formula is C22H26FN7O. The second-order valence-electron chi connectivity index (χ2n) is 8.21. The second-order valence-corrected chi connectivity index (χ2v) is 8.21. The molecule has 2 aromatic heterocycles. The van der Waals surface area contributed by atoms with Gasteiger partial charge in [-0.25, -0.2) is 9.37 Å². The van der Waals surface area contributed by atoms with Gasteiger partial charge in [-0.2, -0.15) is 4.98 Å². The number of nitrogens with two attached hydrogens (primary N) is 1. The number of hydrogen-bond donors (Lipinski definition) is 3. The number of nitrogens with zero attached hydrogens (tertiary/aromatic N) is 4. The van der Waals surface area contributed by atoms with E-state index in [0.717, 1.165) is 57.5 Å². The monoisotopic (exact) mass is 423 g/mol. The van der Waals surface area contributed by atoms with Crippen molar-refractivity contribution < 1.29 is 4.39 Å². The summed E-state index contributed by atoms with van der Waals surface area (Å²) < 4.78 is 16.5. The van der Waals surface area contributed by atoms with Crippen LogP contribution >= 0.6 is 0 Å². The minimum absolute atomic E-state index is 0.0799. The molecule has 8 nitrogen and oxygen atoms in total. The fourth-order valence-corrected chi connectivity index (χ4v) is 4.55. The molecule has 0 atom stereocenters. The first-order valence-electron chi connectivity index (χ1n) is 10.8. The van der Waals surface area contributed by atoms with Crippen LogP contribution in [-0.2, 0) is 0 Å². The molecule has 2 aliphatic rings. The minimum Gasteiger partial charge on any atom is -0.394 e. The van der Waals surface area contributed by atoms with Gasteiger partial charge in [0.1, 0.15) is 11.5 Å². The molecule has 31 heavy (non-hydrogen) atoms. The van der Waals surface area contributed by atoms with Gasteiger partial charge in [0.05, 0.1) is 11.4 Å². The van der Waals surface area contributed by atoms with Gasteiger partial charge in [0, 0.05) is 49.5 Å². The molecule has 1 aliphatic carbocycles. The molecule has 0 unspecified atom stereocenters. The molecule has 162 valence electrons. The summed E-state index contributed by atoms with van der Waals surface area (Å²) in [5, 5.41) is 6.96. The Labute approximate surface area is 179 Å². The number of hydrogen-bond acceptors (Lipinski definition) is 7. The highest BCUT2D eigenvalue weighted by Gasteiger charge is 2.22. The van der Waals surface area contributed by atoms with Crippen LogP contribution in [0.4, 0.5) is 27.4 Å². The van der Waals surface area contributed by atoms with Gasteiger partial charge in [-0.3, -0.25) is 9.36 Å². The molecule has 0 spiro atoms. The zero-order valence-electron chi connectivity index (χ0n) is 17.3. The summed E-state index contributed by atoms with van der Waals surface area (Å²) in [6.07, 6.45) is 5.63. The van der Waals surface area contributed by atoms with Crippen LogP contribution < -0.4 is 26.8 Å². The van der Waals surface area contributed by atoms with Crippen molar-refractivity contribution in [3.8, 4) is 0 Å². The summed E-state index contributed by atoms with van der Waals surface area (Å²) in [5.41, 5.74) is 7.60. The van der Waals surface area contributed by atoms with Crippen LogP contribution in [0.15, 0.2) is 35.3 Å². The highest BCUT2D eigenvalue weighted by Crippen LogP contribution is 2.31. The van der Waals surface area contributed by atoms with E-state index in [2.05, 4.69) is 25.5 Å². The number of pyridine rings is 1. The Morgan fingerprint density at radius 1 is 1.16 bits per heavy atom. The Kier molecular flexibility index (Phi) is 5.19. The molecule has 1 saturated heterocycles. The Bertz CT molecular complexity index is 1170. The van der Waals surface area contributed by atoms with Crippen molar-refractivity contribution in [3.63, 3.8) is 0 Å². The molecule has 0 bridgehead atoms. The van der Waals surface area contributed by atoms with E-state index in [0.29, 0.717) is 16.7 Å². The Hall–Kier alpha value is -3.20. The van der Waals surface area contributed by atoms with Crippen LogP contribution in [0.1, 0.15) is 31.7 Å². The summed E-state index contributed by atoms with van der Waals surface area (Å²) >= 11 is 0. The number of rotatable bonds is 4. The van der Waals surface area contributed by atoms with Crippen LogP contribution in [-0.4, -0.2) is 40.7 Å². The predicted octanol–water partition coefficient (Wildman–Crippen LogP) is 2.78. The van der Waals surface area contributed by atoms with Crippen molar-refractivity contribution in [3.05, 3.63) is 46.6 Å². The van der Waals surface area contributed by atoms with E-state index in [1.165, 1.54) is 6.07 Å². The average Bonchev–Trinajstić information content (AvgIpc) is 3.31. The molecule has 5 rings (SSSR count). The topological polar surface area (TPSA) is 101 Å². The SMILES string of the molecule is Nc1cc2cnc(Nc3ccc(N4CCNCC4)cc3F)nc2n(C2CCCC2)c1=O. The first-order chi connectivity index (χ1) is 15.1. The van der Waals surface area contributed by atoms with Crippen LogP contribution in [0.2, 0.25) is 0 Å². The van der Waals surface area contributed by atoms with Gasteiger partial charge in [-0.15, -0.1) is 0 Å². The normalized spacial score (nSPS) is 17.4. The maximum atomic E-state index is 14.8. The van der Waals surface area contributed by atoms with Crippen molar-refractivity contribution in [2.24, 2.45) is 0 Å². The first-order valence-corrected chi connectivity index (χ1v) is 10.8. The van der Waals surface area contributed by atoms with E-state index in [1.54, 1.807) is 22.9 Å². The molecule has 1 aromatic carbocycles. The fraction of sp³-hybridized carbons (Fsp3) is 0.409. The summed E-state index contributed by atoms with van der Waals surface area (Å²) in [7, 11) is 0. The van der Waals surface area contributed by atoms with Crippen molar-refractivity contribution >= 4 is 34.0 Å². The summed E-state index contributed by atoms with van der Waals surface area (Å²) in [4.78, 5) is 23.8. The standard InChI is InChI=1S/C22H26FN7O/c23-17-12-16(29-9-7-25-8-10-29)5-6-19(17)27-22-26-13-14-11-18(24)21(31)30(20(14)28-22)15-3-1-2-4-15/h5-6,11-13,15,25H,1-4,7-10,24H2,(H,26,27,28). The molecule has 1 saturated carbocycles. The van der Waals surface area contributed by atoms with Gasteiger partial charge in [-0.05, 0) is 37.1 Å². The van der Waals surface area contributed by atoms with Gasteiger partial charge in [0.15, 0.2) is 0 Å². The lowest BCUT2D eigenvalue weighted by molar-refractivity contribution is 0.517. The van der Waals surface area contributed by atoms with Gasteiger partial charge in [0.25, 0.3) is 5.56 Å². The number of aromatic nitrogens is 3. The molecule has 9 heteroatoms. The number of piperazine rings is 1. The van der Waals surface area contributed by atoms with E-state index in [9.17, 15) is 9.18 Å². The minimum atomic E-state index is -0.370.